The number of non-ortho nitro benzene ring substituents is 1. The van der Waals surface area contributed by atoms with Gasteiger partial charge in [-0.15, -0.1) is 0 Å². The minimum Gasteiger partial charge on any atom is -0.497 e. The predicted octanol–water partition coefficient (Wildman–Crippen LogP) is 4.54. The van der Waals surface area contributed by atoms with Gasteiger partial charge in [-0.05, 0) is 42.5 Å². The van der Waals surface area contributed by atoms with E-state index in [1.54, 1.807) is 24.3 Å². The van der Waals surface area contributed by atoms with Crippen molar-refractivity contribution in [2.75, 3.05) is 14.2 Å². The van der Waals surface area contributed by atoms with E-state index in [1.165, 1.54) is 50.6 Å². The number of hydrogen-bond donors (Lipinski definition) is 0. The molecule has 0 saturated heterocycles. The maximum absolute atomic E-state index is 13.8. The Bertz CT molecular complexity index is 1480. The number of rotatable bonds is 8. The maximum Gasteiger partial charge on any atom is 0.273 e. The van der Waals surface area contributed by atoms with Gasteiger partial charge < -0.3 is 14.2 Å². The van der Waals surface area contributed by atoms with Crippen LogP contribution in [0.5, 0.6) is 17.2 Å². The van der Waals surface area contributed by atoms with E-state index in [0.29, 0.717) is 22.5 Å². The van der Waals surface area contributed by atoms with Crippen LogP contribution in [0.15, 0.2) is 70.0 Å². The molecule has 4 rings (SSSR count). The van der Waals surface area contributed by atoms with Gasteiger partial charge in [0, 0.05) is 22.7 Å². The lowest BCUT2D eigenvalue weighted by atomic mass is 10.3. The summed E-state index contributed by atoms with van der Waals surface area (Å²) in [5.74, 6) is 0.912. The number of methoxy groups -OCH3 is 2. The Hall–Kier alpha value is -3.64. The van der Waals surface area contributed by atoms with Gasteiger partial charge in [-0.1, -0.05) is 15.9 Å². The molecule has 0 unspecified atom stereocenters. The molecular weight excluding hydrogens is 530 g/mol. The SMILES string of the molecule is COc1ccc(OC)c(S(=O)(=O)n2c(COc3ccc([N+](=O)[O-])cc3)nc3cc(Br)ccc32)c1. The third-order valence-corrected chi connectivity index (χ3v) is 7.20. The summed E-state index contributed by atoms with van der Waals surface area (Å²) in [6, 6.07) is 15.0. The van der Waals surface area contributed by atoms with Crippen molar-refractivity contribution in [1.29, 1.82) is 0 Å². The molecule has 4 aromatic rings. The highest BCUT2D eigenvalue weighted by Gasteiger charge is 2.28. The number of hydrogen-bond acceptors (Lipinski definition) is 8. The van der Waals surface area contributed by atoms with Gasteiger partial charge in [0.05, 0.1) is 30.2 Å². The van der Waals surface area contributed by atoms with Crippen LogP contribution in [0.1, 0.15) is 5.82 Å². The van der Waals surface area contributed by atoms with Crippen LogP contribution < -0.4 is 14.2 Å². The summed E-state index contributed by atoms with van der Waals surface area (Å²) in [4.78, 5) is 14.7. The summed E-state index contributed by atoms with van der Waals surface area (Å²) in [5, 5.41) is 10.9. The van der Waals surface area contributed by atoms with Gasteiger partial charge in [0.1, 0.15) is 28.8 Å². The van der Waals surface area contributed by atoms with Crippen LogP contribution in [0.3, 0.4) is 0 Å². The average Bonchev–Trinajstić information content (AvgIpc) is 3.20. The first kappa shape index (κ1) is 23.5. The fraction of sp³-hybridized carbons (Fsp3) is 0.136. The van der Waals surface area contributed by atoms with Crippen LogP contribution in [0.4, 0.5) is 5.69 Å². The molecule has 0 aliphatic rings. The van der Waals surface area contributed by atoms with Crippen LogP contribution in [0.2, 0.25) is 0 Å². The Kier molecular flexibility index (Phi) is 6.44. The number of nitrogens with zero attached hydrogens (tertiary/aromatic N) is 3. The molecular formula is C22H18BrN3O7S. The smallest absolute Gasteiger partial charge is 0.273 e. The summed E-state index contributed by atoms with van der Waals surface area (Å²) in [5.41, 5.74) is 0.689. The minimum atomic E-state index is -4.20. The van der Waals surface area contributed by atoms with Gasteiger partial charge in [-0.2, -0.15) is 0 Å². The van der Waals surface area contributed by atoms with Crippen LogP contribution >= 0.6 is 15.9 Å². The van der Waals surface area contributed by atoms with Crippen molar-refractivity contribution >= 4 is 42.7 Å². The number of nitro groups is 1. The van der Waals surface area contributed by atoms with Gasteiger partial charge in [-0.3, -0.25) is 10.1 Å². The highest BCUT2D eigenvalue weighted by Crippen LogP contribution is 2.33. The molecule has 12 heteroatoms. The molecule has 0 aliphatic carbocycles. The number of halogens is 1. The molecule has 0 amide bonds. The molecule has 0 aliphatic heterocycles. The van der Waals surface area contributed by atoms with Crippen molar-refractivity contribution in [2.24, 2.45) is 0 Å². The second-order valence-electron chi connectivity index (χ2n) is 6.99. The Morgan fingerprint density at radius 2 is 1.71 bits per heavy atom. The number of nitro benzene ring substituents is 1. The van der Waals surface area contributed by atoms with Crippen molar-refractivity contribution < 1.29 is 27.6 Å². The standard InChI is InChI=1S/C22H18BrN3O7S/c1-31-17-8-10-20(32-2)21(12-17)34(29,30)25-19-9-3-14(23)11-18(19)24-22(25)13-33-16-6-4-15(5-7-16)26(27)28/h3-12H,13H2,1-2H3. The molecule has 1 heterocycles. The summed E-state index contributed by atoms with van der Waals surface area (Å²) in [6.45, 7) is -0.213. The van der Waals surface area contributed by atoms with Crippen LogP contribution in [-0.4, -0.2) is 36.5 Å². The lowest BCUT2D eigenvalue weighted by Gasteiger charge is -2.15. The highest BCUT2D eigenvalue weighted by molar-refractivity contribution is 9.10. The number of aromatic nitrogens is 2. The van der Waals surface area contributed by atoms with Crippen molar-refractivity contribution in [3.8, 4) is 17.2 Å². The van der Waals surface area contributed by atoms with Crippen molar-refractivity contribution in [1.82, 2.24) is 8.96 Å². The van der Waals surface area contributed by atoms with E-state index >= 15 is 0 Å². The van der Waals surface area contributed by atoms with Crippen molar-refractivity contribution in [3.63, 3.8) is 0 Å². The first-order chi connectivity index (χ1) is 16.2. The van der Waals surface area contributed by atoms with Crippen LogP contribution in [0, 0.1) is 10.1 Å². The number of ether oxygens (including phenoxy) is 3. The molecule has 3 aromatic carbocycles. The fourth-order valence-electron chi connectivity index (χ4n) is 3.34. The molecule has 0 atom stereocenters. The van der Waals surface area contributed by atoms with Crippen molar-refractivity contribution in [2.45, 2.75) is 11.5 Å². The first-order valence-electron chi connectivity index (χ1n) is 9.76. The molecule has 0 saturated carbocycles. The summed E-state index contributed by atoms with van der Waals surface area (Å²) in [6.07, 6.45) is 0. The van der Waals surface area contributed by atoms with Crippen LogP contribution in [0.25, 0.3) is 11.0 Å². The molecule has 0 fully saturated rings. The molecule has 34 heavy (non-hydrogen) atoms. The Morgan fingerprint density at radius 1 is 1.00 bits per heavy atom. The normalized spacial score (nSPS) is 11.4. The van der Waals surface area contributed by atoms with E-state index in [4.69, 9.17) is 14.2 Å². The molecule has 0 bridgehead atoms. The Morgan fingerprint density at radius 3 is 2.35 bits per heavy atom. The third kappa shape index (κ3) is 4.41. The monoisotopic (exact) mass is 547 g/mol. The van der Waals surface area contributed by atoms with E-state index in [2.05, 4.69) is 20.9 Å². The highest BCUT2D eigenvalue weighted by atomic mass is 79.9. The molecule has 0 spiro atoms. The van der Waals surface area contributed by atoms with Crippen LogP contribution in [-0.2, 0) is 16.6 Å². The lowest BCUT2D eigenvalue weighted by Crippen LogP contribution is -2.18. The zero-order chi connectivity index (χ0) is 24.5. The van der Waals surface area contributed by atoms with E-state index in [0.717, 1.165) is 8.45 Å². The number of benzene rings is 3. The minimum absolute atomic E-state index is 0.0860. The van der Waals surface area contributed by atoms with E-state index in [9.17, 15) is 18.5 Å². The van der Waals surface area contributed by atoms with Gasteiger partial charge in [0.2, 0.25) is 0 Å². The van der Waals surface area contributed by atoms with Crippen molar-refractivity contribution in [3.05, 3.63) is 81.1 Å². The zero-order valence-corrected chi connectivity index (χ0v) is 20.4. The molecule has 1 aromatic heterocycles. The molecule has 10 nitrogen and oxygen atoms in total. The fourth-order valence-corrected chi connectivity index (χ4v) is 5.34. The molecule has 0 radical (unpaired) electrons. The topological polar surface area (TPSA) is 123 Å². The van der Waals surface area contributed by atoms with E-state index in [-0.39, 0.29) is 28.8 Å². The molecule has 0 N–H and O–H groups in total. The summed E-state index contributed by atoms with van der Waals surface area (Å²) in [7, 11) is -1.39. The average molecular weight is 548 g/mol. The first-order valence-corrected chi connectivity index (χ1v) is 12.0. The number of imidazole rings is 1. The Balaban J connectivity index is 1.82. The Labute approximate surface area is 203 Å². The largest absolute Gasteiger partial charge is 0.497 e. The molecule has 176 valence electrons. The summed E-state index contributed by atoms with van der Waals surface area (Å²) < 4.78 is 45.7. The zero-order valence-electron chi connectivity index (χ0n) is 18.0. The number of fused-ring (bicyclic) bond motifs is 1. The van der Waals surface area contributed by atoms with Gasteiger partial charge in [0.25, 0.3) is 15.7 Å². The lowest BCUT2D eigenvalue weighted by molar-refractivity contribution is -0.384. The summed E-state index contributed by atoms with van der Waals surface area (Å²) >= 11 is 3.38. The van der Waals surface area contributed by atoms with E-state index < -0.39 is 14.9 Å². The maximum atomic E-state index is 13.8. The second kappa shape index (κ2) is 9.31. The van der Waals surface area contributed by atoms with Gasteiger partial charge in [0.15, 0.2) is 5.82 Å². The van der Waals surface area contributed by atoms with Gasteiger partial charge >= 0.3 is 0 Å². The van der Waals surface area contributed by atoms with E-state index in [1.807, 2.05) is 0 Å². The predicted molar refractivity (Wildman–Crippen MR) is 127 cm³/mol. The third-order valence-electron chi connectivity index (χ3n) is 4.94. The second-order valence-corrected chi connectivity index (χ2v) is 9.66. The van der Waals surface area contributed by atoms with Gasteiger partial charge in [-0.25, -0.2) is 17.4 Å². The quantitative estimate of drug-likeness (QED) is 0.232.